The lowest BCUT2D eigenvalue weighted by Gasteiger charge is -2.35. The van der Waals surface area contributed by atoms with Crippen LogP contribution in [0.2, 0.25) is 0 Å². The Kier molecular flexibility index (Phi) is 11.2. The van der Waals surface area contributed by atoms with E-state index in [0.717, 1.165) is 9.87 Å². The van der Waals surface area contributed by atoms with Gasteiger partial charge in [-0.15, -0.1) is 0 Å². The molecule has 0 aliphatic rings. The van der Waals surface area contributed by atoms with Crippen molar-refractivity contribution in [2.24, 2.45) is 0 Å². The standard InChI is InChI=1S/C36H40FN3O5S/c1-5-45-31-20-22-32(23-21-31)46(43,44)40(30-14-10-7-11-15-30)26-34(41)39(25-28-16-18-29(37)19-17-28)33(35(42)38-36(2,3)4)24-27-12-8-6-9-13-27/h6-23,33H,5,24-26H2,1-4H3,(H,38,42)/t33-/m0/s1. The van der Waals surface area contributed by atoms with Crippen molar-refractivity contribution in [1.82, 2.24) is 10.2 Å². The molecule has 0 aromatic heterocycles. The first-order valence-corrected chi connectivity index (χ1v) is 16.5. The minimum absolute atomic E-state index is 0.0241. The first-order valence-electron chi connectivity index (χ1n) is 15.1. The van der Waals surface area contributed by atoms with E-state index < -0.39 is 45.8 Å². The van der Waals surface area contributed by atoms with Crippen molar-refractivity contribution < 1.29 is 27.1 Å². The van der Waals surface area contributed by atoms with Crippen molar-refractivity contribution in [3.05, 3.63) is 126 Å². The number of amides is 2. The number of hydrogen-bond acceptors (Lipinski definition) is 5. The summed E-state index contributed by atoms with van der Waals surface area (Å²) in [5.74, 6) is -0.923. The number of anilines is 1. The summed E-state index contributed by atoms with van der Waals surface area (Å²) in [7, 11) is -4.25. The molecule has 4 aromatic rings. The molecule has 0 fully saturated rings. The Bertz CT molecular complexity index is 1690. The predicted octanol–water partition coefficient (Wildman–Crippen LogP) is 5.97. The number of ether oxygens (including phenoxy) is 1. The van der Waals surface area contributed by atoms with E-state index in [0.29, 0.717) is 17.9 Å². The second kappa shape index (κ2) is 15.1. The van der Waals surface area contributed by atoms with Crippen molar-refractivity contribution in [2.45, 2.75) is 57.1 Å². The van der Waals surface area contributed by atoms with Crippen LogP contribution in [0.5, 0.6) is 5.75 Å². The van der Waals surface area contributed by atoms with Gasteiger partial charge in [-0.3, -0.25) is 13.9 Å². The third-order valence-corrected chi connectivity index (χ3v) is 8.87. The van der Waals surface area contributed by atoms with Crippen LogP contribution >= 0.6 is 0 Å². The second-order valence-corrected chi connectivity index (χ2v) is 13.7. The average molecular weight is 646 g/mol. The number of halogens is 1. The molecule has 2 amide bonds. The number of carbonyl (C=O) groups is 2. The van der Waals surface area contributed by atoms with Crippen LogP contribution in [0, 0.1) is 5.82 Å². The van der Waals surface area contributed by atoms with Crippen LogP contribution in [0.25, 0.3) is 0 Å². The van der Waals surface area contributed by atoms with Gasteiger partial charge in [-0.25, -0.2) is 12.8 Å². The Hall–Kier alpha value is -4.70. The molecule has 0 saturated carbocycles. The zero-order valence-corrected chi connectivity index (χ0v) is 27.3. The highest BCUT2D eigenvalue weighted by molar-refractivity contribution is 7.92. The van der Waals surface area contributed by atoms with E-state index in [-0.39, 0.29) is 23.5 Å². The van der Waals surface area contributed by atoms with Crippen molar-refractivity contribution >= 4 is 27.5 Å². The fourth-order valence-corrected chi connectivity index (χ4v) is 6.33. The molecule has 0 aliphatic carbocycles. The van der Waals surface area contributed by atoms with Gasteiger partial charge in [-0.05, 0) is 87.4 Å². The fourth-order valence-electron chi connectivity index (χ4n) is 4.92. The Morgan fingerprint density at radius 3 is 1.98 bits per heavy atom. The van der Waals surface area contributed by atoms with Gasteiger partial charge >= 0.3 is 0 Å². The Morgan fingerprint density at radius 2 is 1.41 bits per heavy atom. The quantitative estimate of drug-likeness (QED) is 0.193. The van der Waals surface area contributed by atoms with E-state index in [4.69, 9.17) is 4.74 Å². The third-order valence-electron chi connectivity index (χ3n) is 7.08. The lowest BCUT2D eigenvalue weighted by atomic mass is 10.0. The second-order valence-electron chi connectivity index (χ2n) is 11.8. The summed E-state index contributed by atoms with van der Waals surface area (Å²) < 4.78 is 48.6. The average Bonchev–Trinajstić information content (AvgIpc) is 3.03. The molecule has 10 heteroatoms. The summed E-state index contributed by atoms with van der Waals surface area (Å²) in [6, 6.07) is 28.3. The van der Waals surface area contributed by atoms with Crippen molar-refractivity contribution in [1.29, 1.82) is 0 Å². The van der Waals surface area contributed by atoms with E-state index in [9.17, 15) is 22.4 Å². The molecule has 46 heavy (non-hydrogen) atoms. The molecule has 0 bridgehead atoms. The minimum atomic E-state index is -4.25. The number of benzene rings is 4. The summed E-state index contributed by atoms with van der Waals surface area (Å²) in [5.41, 5.74) is 1.07. The molecule has 4 rings (SSSR count). The number of sulfonamides is 1. The van der Waals surface area contributed by atoms with Gasteiger partial charge in [-0.1, -0.05) is 60.7 Å². The number of nitrogens with zero attached hydrogens (tertiary/aromatic N) is 2. The maximum absolute atomic E-state index is 14.5. The zero-order valence-electron chi connectivity index (χ0n) is 26.5. The van der Waals surface area contributed by atoms with Crippen LogP contribution in [-0.4, -0.2) is 49.9 Å². The molecule has 8 nitrogen and oxygen atoms in total. The minimum Gasteiger partial charge on any atom is -0.494 e. The highest BCUT2D eigenvalue weighted by Crippen LogP contribution is 2.26. The summed E-state index contributed by atoms with van der Waals surface area (Å²) in [4.78, 5) is 29.7. The van der Waals surface area contributed by atoms with E-state index in [2.05, 4.69) is 5.32 Å². The number of carbonyl (C=O) groups excluding carboxylic acids is 2. The van der Waals surface area contributed by atoms with Gasteiger partial charge in [0.15, 0.2) is 0 Å². The monoisotopic (exact) mass is 645 g/mol. The van der Waals surface area contributed by atoms with Gasteiger partial charge in [0.25, 0.3) is 10.0 Å². The van der Waals surface area contributed by atoms with Gasteiger partial charge in [0.1, 0.15) is 24.2 Å². The third kappa shape index (κ3) is 9.17. The van der Waals surface area contributed by atoms with E-state index in [1.807, 2.05) is 58.0 Å². The molecule has 0 heterocycles. The number of para-hydroxylation sites is 1. The largest absolute Gasteiger partial charge is 0.494 e. The highest BCUT2D eigenvalue weighted by atomic mass is 32.2. The zero-order chi connectivity index (χ0) is 33.3. The van der Waals surface area contributed by atoms with Crippen molar-refractivity contribution in [3.8, 4) is 5.75 Å². The van der Waals surface area contributed by atoms with Gasteiger partial charge in [0.05, 0.1) is 17.2 Å². The number of rotatable bonds is 13. The molecule has 0 unspecified atom stereocenters. The molecule has 4 aromatic carbocycles. The van der Waals surface area contributed by atoms with Gasteiger partial charge < -0.3 is 15.0 Å². The lowest BCUT2D eigenvalue weighted by Crippen LogP contribution is -2.56. The van der Waals surface area contributed by atoms with E-state index in [1.165, 1.54) is 29.2 Å². The first-order chi connectivity index (χ1) is 21.9. The number of hydrogen-bond donors (Lipinski definition) is 1. The highest BCUT2D eigenvalue weighted by Gasteiger charge is 2.35. The molecule has 0 spiro atoms. The summed E-state index contributed by atoms with van der Waals surface area (Å²) >= 11 is 0. The molecule has 242 valence electrons. The normalized spacial score (nSPS) is 12.2. The van der Waals surface area contributed by atoms with Crippen molar-refractivity contribution in [3.63, 3.8) is 0 Å². The topological polar surface area (TPSA) is 96.0 Å². The SMILES string of the molecule is CCOc1ccc(S(=O)(=O)N(CC(=O)N(Cc2ccc(F)cc2)[C@@H](Cc2ccccc2)C(=O)NC(C)(C)C)c2ccccc2)cc1. The summed E-state index contributed by atoms with van der Waals surface area (Å²) in [6.45, 7) is 7.14. The lowest BCUT2D eigenvalue weighted by molar-refractivity contribution is -0.140. The maximum Gasteiger partial charge on any atom is 0.264 e. The fraction of sp³-hybridized carbons (Fsp3) is 0.278. The molecular formula is C36H40FN3O5S. The van der Waals surface area contributed by atoms with Crippen LogP contribution in [0.3, 0.4) is 0 Å². The molecular weight excluding hydrogens is 605 g/mol. The van der Waals surface area contributed by atoms with Gasteiger partial charge in [0, 0.05) is 18.5 Å². The Balaban J connectivity index is 1.78. The first kappa shape index (κ1) is 34.2. The molecule has 1 N–H and O–H groups in total. The van der Waals surface area contributed by atoms with Crippen molar-refractivity contribution in [2.75, 3.05) is 17.5 Å². The van der Waals surface area contributed by atoms with Gasteiger partial charge in [0.2, 0.25) is 11.8 Å². The smallest absolute Gasteiger partial charge is 0.264 e. The van der Waals surface area contributed by atoms with Gasteiger partial charge in [-0.2, -0.15) is 0 Å². The molecule has 0 saturated heterocycles. The Morgan fingerprint density at radius 1 is 0.826 bits per heavy atom. The van der Waals surface area contributed by atoms with E-state index >= 15 is 0 Å². The summed E-state index contributed by atoms with van der Waals surface area (Å²) in [6.07, 6.45) is 0.173. The number of nitrogens with one attached hydrogen (secondary N) is 1. The Labute approximate surface area is 270 Å². The molecule has 0 radical (unpaired) electrons. The molecule has 1 atom stereocenters. The van der Waals surface area contributed by atoms with Crippen LogP contribution in [0.15, 0.2) is 114 Å². The van der Waals surface area contributed by atoms with Crippen LogP contribution < -0.4 is 14.4 Å². The predicted molar refractivity (Wildman–Crippen MR) is 177 cm³/mol. The summed E-state index contributed by atoms with van der Waals surface area (Å²) in [5, 5.41) is 2.99. The van der Waals surface area contributed by atoms with E-state index in [1.54, 1.807) is 54.6 Å². The van der Waals surface area contributed by atoms with Crippen LogP contribution in [0.1, 0.15) is 38.8 Å². The van der Waals surface area contributed by atoms with Crippen LogP contribution in [-0.2, 0) is 32.6 Å². The molecule has 0 aliphatic heterocycles. The maximum atomic E-state index is 14.5. The van der Waals surface area contributed by atoms with Crippen LogP contribution in [0.4, 0.5) is 10.1 Å².